The molecule has 4 N–H and O–H groups in total. The lowest BCUT2D eigenvalue weighted by Crippen LogP contribution is -2.35. The van der Waals surface area contributed by atoms with Gasteiger partial charge in [0.25, 0.3) is 5.91 Å². The molecule has 20 heavy (non-hydrogen) atoms. The maximum atomic E-state index is 12.1. The molecule has 0 saturated carbocycles. The van der Waals surface area contributed by atoms with E-state index in [9.17, 15) is 13.2 Å². The number of nitrogens with two attached hydrogens (primary N) is 1. The third kappa shape index (κ3) is 2.39. The monoisotopic (exact) mass is 291 g/mol. The van der Waals surface area contributed by atoms with Gasteiger partial charge in [0.1, 0.15) is 5.69 Å². The summed E-state index contributed by atoms with van der Waals surface area (Å²) < 4.78 is 22.6. The van der Waals surface area contributed by atoms with Crippen molar-refractivity contribution >= 4 is 32.3 Å². The molecule has 6 nitrogen and oxygen atoms in total. The standard InChI is InChI=1S/C13H13N3O3S/c14-9-1-2-11-8(5-9)6-12(16-11)13(17)15-10-3-4-20(18,19)7-10/h1-6,10,16H,7,14H2,(H,15,17). The molecule has 1 aliphatic rings. The Morgan fingerprint density at radius 2 is 2.15 bits per heavy atom. The van der Waals surface area contributed by atoms with Crippen LogP contribution in [0.4, 0.5) is 5.69 Å². The maximum absolute atomic E-state index is 12.1. The van der Waals surface area contributed by atoms with Crippen LogP contribution in [0, 0.1) is 0 Å². The number of nitrogens with one attached hydrogen (secondary N) is 2. The van der Waals surface area contributed by atoms with E-state index >= 15 is 0 Å². The van der Waals surface area contributed by atoms with Gasteiger partial charge >= 0.3 is 0 Å². The van der Waals surface area contributed by atoms with Gasteiger partial charge in [0, 0.05) is 22.0 Å². The zero-order valence-corrected chi connectivity index (χ0v) is 11.3. The molecular weight excluding hydrogens is 278 g/mol. The molecule has 0 fully saturated rings. The molecule has 0 spiro atoms. The maximum Gasteiger partial charge on any atom is 0.268 e. The second kappa shape index (κ2) is 4.38. The molecule has 0 saturated heterocycles. The molecule has 1 amide bonds. The summed E-state index contributed by atoms with van der Waals surface area (Å²) >= 11 is 0. The number of hydrogen-bond donors (Lipinski definition) is 3. The molecule has 0 bridgehead atoms. The highest BCUT2D eigenvalue weighted by Crippen LogP contribution is 2.18. The highest BCUT2D eigenvalue weighted by molar-refractivity contribution is 7.94. The molecule has 1 aliphatic heterocycles. The molecule has 0 aliphatic carbocycles. The fourth-order valence-electron chi connectivity index (χ4n) is 2.19. The minimum absolute atomic E-state index is 0.0914. The lowest BCUT2D eigenvalue weighted by atomic mass is 10.2. The van der Waals surface area contributed by atoms with Crippen LogP contribution in [0.25, 0.3) is 10.9 Å². The van der Waals surface area contributed by atoms with Gasteiger partial charge in [-0.1, -0.05) is 0 Å². The molecule has 2 aromatic rings. The smallest absolute Gasteiger partial charge is 0.268 e. The minimum atomic E-state index is -3.18. The molecule has 104 valence electrons. The number of sulfone groups is 1. The fraction of sp³-hybridized carbons (Fsp3) is 0.154. The van der Waals surface area contributed by atoms with Crippen molar-refractivity contribution in [2.24, 2.45) is 0 Å². The number of H-pyrrole nitrogens is 1. The molecule has 2 heterocycles. The van der Waals surface area contributed by atoms with E-state index in [1.165, 1.54) is 6.08 Å². The van der Waals surface area contributed by atoms with Crippen LogP contribution in [0.5, 0.6) is 0 Å². The number of amides is 1. The Balaban J connectivity index is 1.81. The largest absolute Gasteiger partial charge is 0.399 e. The van der Waals surface area contributed by atoms with Crippen LogP contribution in [0.3, 0.4) is 0 Å². The average molecular weight is 291 g/mol. The van der Waals surface area contributed by atoms with Crippen LogP contribution in [-0.2, 0) is 9.84 Å². The number of anilines is 1. The Morgan fingerprint density at radius 3 is 2.85 bits per heavy atom. The molecule has 1 atom stereocenters. The number of nitrogen functional groups attached to an aromatic ring is 1. The van der Waals surface area contributed by atoms with Crippen molar-refractivity contribution in [1.82, 2.24) is 10.3 Å². The lowest BCUT2D eigenvalue weighted by molar-refractivity contribution is 0.0943. The minimum Gasteiger partial charge on any atom is -0.399 e. The van der Waals surface area contributed by atoms with Crippen LogP contribution in [0.15, 0.2) is 35.7 Å². The lowest BCUT2D eigenvalue weighted by Gasteiger charge is -2.08. The van der Waals surface area contributed by atoms with Gasteiger partial charge in [0.05, 0.1) is 11.8 Å². The number of fused-ring (bicyclic) bond motifs is 1. The number of carbonyl (C=O) groups is 1. The van der Waals surface area contributed by atoms with E-state index in [4.69, 9.17) is 5.73 Å². The van der Waals surface area contributed by atoms with Gasteiger partial charge < -0.3 is 16.0 Å². The van der Waals surface area contributed by atoms with E-state index in [0.717, 1.165) is 16.3 Å². The van der Waals surface area contributed by atoms with Gasteiger partial charge in [-0.2, -0.15) is 0 Å². The first-order chi connectivity index (χ1) is 9.43. The van der Waals surface area contributed by atoms with Gasteiger partial charge in [0.15, 0.2) is 9.84 Å². The Bertz CT molecular complexity index is 820. The van der Waals surface area contributed by atoms with Gasteiger partial charge in [-0.15, -0.1) is 0 Å². The second-order valence-corrected chi connectivity index (χ2v) is 6.70. The SMILES string of the molecule is Nc1ccc2[nH]c(C(=O)NC3C=CS(=O)(=O)C3)cc2c1. The normalized spacial score (nSPS) is 20.3. The van der Waals surface area contributed by atoms with E-state index in [-0.39, 0.29) is 11.7 Å². The Hall–Kier alpha value is -2.28. The molecule has 1 aromatic heterocycles. The van der Waals surface area contributed by atoms with Crippen LogP contribution in [0.2, 0.25) is 0 Å². The van der Waals surface area contributed by atoms with Crippen molar-refractivity contribution < 1.29 is 13.2 Å². The van der Waals surface area contributed by atoms with E-state index in [1.54, 1.807) is 24.3 Å². The number of hydrogen-bond acceptors (Lipinski definition) is 4. The van der Waals surface area contributed by atoms with Gasteiger partial charge in [-0.05, 0) is 30.3 Å². The first kappa shape index (κ1) is 12.7. The van der Waals surface area contributed by atoms with Crippen molar-refractivity contribution in [2.75, 3.05) is 11.5 Å². The zero-order valence-electron chi connectivity index (χ0n) is 10.5. The van der Waals surface area contributed by atoms with E-state index in [0.29, 0.717) is 11.4 Å². The fourth-order valence-corrected chi connectivity index (χ4v) is 3.42. The quantitative estimate of drug-likeness (QED) is 0.711. The zero-order chi connectivity index (χ0) is 14.3. The Labute approximate surface area is 115 Å². The van der Waals surface area contributed by atoms with Gasteiger partial charge in [-0.3, -0.25) is 4.79 Å². The van der Waals surface area contributed by atoms with Crippen molar-refractivity contribution in [1.29, 1.82) is 0 Å². The molecule has 1 unspecified atom stereocenters. The summed E-state index contributed by atoms with van der Waals surface area (Å²) in [5, 5.41) is 4.63. The highest BCUT2D eigenvalue weighted by atomic mass is 32.2. The first-order valence-electron chi connectivity index (χ1n) is 6.03. The third-order valence-corrected chi connectivity index (χ3v) is 4.53. The predicted molar refractivity (Wildman–Crippen MR) is 76.9 cm³/mol. The molecule has 7 heteroatoms. The summed E-state index contributed by atoms with van der Waals surface area (Å²) in [5.41, 5.74) is 7.48. The summed E-state index contributed by atoms with van der Waals surface area (Å²) in [7, 11) is -3.18. The van der Waals surface area contributed by atoms with Gasteiger partial charge in [-0.25, -0.2) is 8.42 Å². The van der Waals surface area contributed by atoms with Crippen LogP contribution in [-0.4, -0.2) is 31.1 Å². The predicted octanol–water partition coefficient (Wildman–Crippen LogP) is 0.791. The second-order valence-electron chi connectivity index (χ2n) is 4.77. The number of rotatable bonds is 2. The van der Waals surface area contributed by atoms with Crippen molar-refractivity contribution in [3.63, 3.8) is 0 Å². The highest BCUT2D eigenvalue weighted by Gasteiger charge is 2.23. The number of carbonyl (C=O) groups excluding carboxylic acids is 1. The summed E-state index contributed by atoms with van der Waals surface area (Å²) in [6.07, 6.45) is 1.48. The number of benzene rings is 1. The molecule has 0 radical (unpaired) electrons. The van der Waals surface area contributed by atoms with Crippen molar-refractivity contribution in [2.45, 2.75) is 6.04 Å². The summed E-state index contributed by atoms with van der Waals surface area (Å²) in [6.45, 7) is 0. The summed E-state index contributed by atoms with van der Waals surface area (Å²) in [5.74, 6) is -0.433. The van der Waals surface area contributed by atoms with Crippen molar-refractivity contribution in [3.05, 3.63) is 41.4 Å². The summed E-state index contributed by atoms with van der Waals surface area (Å²) in [4.78, 5) is 15.0. The Morgan fingerprint density at radius 1 is 1.35 bits per heavy atom. The number of aromatic nitrogens is 1. The van der Waals surface area contributed by atoms with Crippen molar-refractivity contribution in [3.8, 4) is 0 Å². The van der Waals surface area contributed by atoms with E-state index in [2.05, 4.69) is 10.3 Å². The van der Waals surface area contributed by atoms with Crippen LogP contribution >= 0.6 is 0 Å². The molecular formula is C13H13N3O3S. The number of aromatic amines is 1. The molecule has 1 aromatic carbocycles. The van der Waals surface area contributed by atoms with Gasteiger partial charge in [0.2, 0.25) is 0 Å². The van der Waals surface area contributed by atoms with E-state index in [1.807, 2.05) is 0 Å². The topological polar surface area (TPSA) is 105 Å². The van der Waals surface area contributed by atoms with Crippen LogP contribution < -0.4 is 11.1 Å². The third-order valence-electron chi connectivity index (χ3n) is 3.14. The summed E-state index contributed by atoms with van der Waals surface area (Å²) in [6, 6.07) is 6.51. The average Bonchev–Trinajstić information content (AvgIpc) is 2.92. The Kier molecular flexibility index (Phi) is 2.79. The van der Waals surface area contributed by atoms with E-state index < -0.39 is 15.9 Å². The molecule has 3 rings (SSSR count). The van der Waals surface area contributed by atoms with Crippen LogP contribution in [0.1, 0.15) is 10.5 Å². The first-order valence-corrected chi connectivity index (χ1v) is 7.74.